The number of thiophene rings is 1. The molecule has 0 aliphatic carbocycles. The normalized spacial score (nSPS) is 10.7. The summed E-state index contributed by atoms with van der Waals surface area (Å²) in [4.78, 5) is 17.8. The first-order valence-electron chi connectivity index (χ1n) is 7.51. The SMILES string of the molecule is CCC(=O)n1nc(-c2ccc(C)cc2)nc1NCc1cccs1. The van der Waals surface area contributed by atoms with Gasteiger partial charge >= 0.3 is 0 Å². The maximum Gasteiger partial charge on any atom is 0.249 e. The Morgan fingerprint density at radius 3 is 2.70 bits per heavy atom. The summed E-state index contributed by atoms with van der Waals surface area (Å²) in [6.45, 7) is 4.48. The highest BCUT2D eigenvalue weighted by Gasteiger charge is 2.16. The fourth-order valence-electron chi connectivity index (χ4n) is 2.15. The van der Waals surface area contributed by atoms with E-state index in [2.05, 4.69) is 15.4 Å². The molecule has 0 atom stereocenters. The highest BCUT2D eigenvalue weighted by molar-refractivity contribution is 7.09. The lowest BCUT2D eigenvalue weighted by atomic mass is 10.1. The topological polar surface area (TPSA) is 59.8 Å². The Bertz CT molecular complexity index is 791. The number of rotatable bonds is 5. The number of aryl methyl sites for hydroxylation is 1. The van der Waals surface area contributed by atoms with Crippen molar-refractivity contribution < 1.29 is 4.79 Å². The third kappa shape index (κ3) is 3.48. The zero-order chi connectivity index (χ0) is 16.2. The lowest BCUT2D eigenvalue weighted by Crippen LogP contribution is -2.15. The predicted octanol–water partition coefficient (Wildman–Crippen LogP) is 3.98. The van der Waals surface area contributed by atoms with Gasteiger partial charge in [0.05, 0.1) is 6.54 Å². The lowest BCUT2D eigenvalue weighted by molar-refractivity contribution is 0.0895. The molecule has 6 heteroatoms. The monoisotopic (exact) mass is 326 g/mol. The summed E-state index contributed by atoms with van der Waals surface area (Å²) in [7, 11) is 0. The van der Waals surface area contributed by atoms with Gasteiger partial charge in [0, 0.05) is 16.9 Å². The van der Waals surface area contributed by atoms with Gasteiger partial charge in [-0.05, 0) is 18.4 Å². The average molecular weight is 326 g/mol. The van der Waals surface area contributed by atoms with E-state index >= 15 is 0 Å². The standard InChI is InChI=1S/C17H18N4OS/c1-3-15(22)21-17(18-11-14-5-4-10-23-14)19-16(20-21)13-8-6-12(2)7-9-13/h4-10H,3,11H2,1-2H3,(H,18,19,20). The minimum Gasteiger partial charge on any atom is -0.349 e. The molecular weight excluding hydrogens is 308 g/mol. The Hall–Kier alpha value is -2.47. The zero-order valence-electron chi connectivity index (χ0n) is 13.1. The van der Waals surface area contributed by atoms with Gasteiger partial charge in [-0.15, -0.1) is 16.4 Å². The molecule has 23 heavy (non-hydrogen) atoms. The van der Waals surface area contributed by atoms with Crippen molar-refractivity contribution in [3.8, 4) is 11.4 Å². The van der Waals surface area contributed by atoms with Gasteiger partial charge < -0.3 is 5.32 Å². The Balaban J connectivity index is 1.90. The number of nitrogens with one attached hydrogen (secondary N) is 1. The number of hydrogen-bond donors (Lipinski definition) is 1. The van der Waals surface area contributed by atoms with Crippen molar-refractivity contribution in [3.63, 3.8) is 0 Å². The summed E-state index contributed by atoms with van der Waals surface area (Å²) in [5, 5.41) is 9.61. The second-order valence-electron chi connectivity index (χ2n) is 5.22. The van der Waals surface area contributed by atoms with Gasteiger partial charge in [-0.25, -0.2) is 0 Å². The number of hydrogen-bond acceptors (Lipinski definition) is 5. The van der Waals surface area contributed by atoms with Gasteiger partial charge in [0.15, 0.2) is 5.82 Å². The van der Waals surface area contributed by atoms with Gasteiger partial charge in [0.25, 0.3) is 0 Å². The number of anilines is 1. The average Bonchev–Trinajstić information content (AvgIpc) is 3.22. The first kappa shape index (κ1) is 15.4. The van der Waals surface area contributed by atoms with E-state index in [4.69, 9.17) is 0 Å². The molecule has 5 nitrogen and oxygen atoms in total. The van der Waals surface area contributed by atoms with Crippen LogP contribution < -0.4 is 5.32 Å². The van der Waals surface area contributed by atoms with Gasteiger partial charge in [-0.3, -0.25) is 4.79 Å². The summed E-state index contributed by atoms with van der Waals surface area (Å²) in [5.41, 5.74) is 2.08. The maximum absolute atomic E-state index is 12.1. The minimum atomic E-state index is -0.0791. The molecule has 1 N–H and O–H groups in total. The van der Waals surface area contributed by atoms with Crippen LogP contribution in [-0.2, 0) is 6.54 Å². The Morgan fingerprint density at radius 1 is 1.26 bits per heavy atom. The molecule has 2 aromatic heterocycles. The number of carbonyl (C=O) groups is 1. The smallest absolute Gasteiger partial charge is 0.249 e. The van der Waals surface area contributed by atoms with Crippen LogP contribution >= 0.6 is 11.3 Å². The van der Waals surface area contributed by atoms with Crippen LogP contribution in [0.25, 0.3) is 11.4 Å². The van der Waals surface area contributed by atoms with E-state index in [-0.39, 0.29) is 5.91 Å². The van der Waals surface area contributed by atoms with Crippen LogP contribution in [0.1, 0.15) is 28.6 Å². The molecule has 0 amide bonds. The van der Waals surface area contributed by atoms with Crippen LogP contribution in [0, 0.1) is 6.92 Å². The van der Waals surface area contributed by atoms with E-state index in [1.165, 1.54) is 15.1 Å². The number of benzene rings is 1. The molecule has 1 aromatic carbocycles. The Labute approximate surface area is 139 Å². The highest BCUT2D eigenvalue weighted by Crippen LogP contribution is 2.20. The van der Waals surface area contributed by atoms with E-state index in [0.29, 0.717) is 24.7 Å². The van der Waals surface area contributed by atoms with E-state index in [1.54, 1.807) is 11.3 Å². The Kier molecular flexibility index (Phi) is 4.52. The van der Waals surface area contributed by atoms with Crippen molar-refractivity contribution in [1.29, 1.82) is 0 Å². The number of nitrogens with zero attached hydrogens (tertiary/aromatic N) is 3. The highest BCUT2D eigenvalue weighted by atomic mass is 32.1. The maximum atomic E-state index is 12.1. The van der Waals surface area contributed by atoms with Crippen LogP contribution in [0.2, 0.25) is 0 Å². The van der Waals surface area contributed by atoms with Gasteiger partial charge in [0.1, 0.15) is 0 Å². The molecule has 0 radical (unpaired) electrons. The van der Waals surface area contributed by atoms with Crippen LogP contribution in [0.5, 0.6) is 0 Å². The summed E-state index contributed by atoms with van der Waals surface area (Å²) in [6.07, 6.45) is 0.379. The van der Waals surface area contributed by atoms with Crippen molar-refractivity contribution in [3.05, 3.63) is 52.2 Å². The molecule has 3 rings (SSSR count). The molecule has 3 aromatic rings. The molecule has 2 heterocycles. The fourth-order valence-corrected chi connectivity index (χ4v) is 2.80. The van der Waals surface area contributed by atoms with Gasteiger partial charge in [-0.1, -0.05) is 42.8 Å². The van der Waals surface area contributed by atoms with Crippen LogP contribution in [0.3, 0.4) is 0 Å². The molecular formula is C17H18N4OS. The van der Waals surface area contributed by atoms with E-state index in [0.717, 1.165) is 5.56 Å². The number of aromatic nitrogens is 3. The quantitative estimate of drug-likeness (QED) is 0.770. The molecule has 0 saturated carbocycles. The fraction of sp³-hybridized carbons (Fsp3) is 0.235. The Morgan fingerprint density at radius 2 is 2.04 bits per heavy atom. The minimum absolute atomic E-state index is 0.0791. The van der Waals surface area contributed by atoms with Crippen molar-refractivity contribution in [2.45, 2.75) is 26.8 Å². The predicted molar refractivity (Wildman–Crippen MR) is 92.8 cm³/mol. The second-order valence-corrected chi connectivity index (χ2v) is 6.25. The molecule has 0 aliphatic rings. The van der Waals surface area contributed by atoms with E-state index in [9.17, 15) is 4.79 Å². The molecule has 0 aliphatic heterocycles. The first-order valence-corrected chi connectivity index (χ1v) is 8.39. The third-order valence-corrected chi connectivity index (χ3v) is 4.33. The summed E-state index contributed by atoms with van der Waals surface area (Å²) < 4.78 is 1.36. The van der Waals surface area contributed by atoms with Crippen molar-refractivity contribution in [2.24, 2.45) is 0 Å². The van der Waals surface area contributed by atoms with Gasteiger partial charge in [0.2, 0.25) is 11.9 Å². The van der Waals surface area contributed by atoms with Gasteiger partial charge in [-0.2, -0.15) is 9.67 Å². The first-order chi connectivity index (χ1) is 11.2. The molecule has 118 valence electrons. The molecule has 0 bridgehead atoms. The molecule has 0 fully saturated rings. The molecule has 0 spiro atoms. The van der Waals surface area contributed by atoms with E-state index in [1.807, 2.05) is 55.6 Å². The molecule has 0 saturated heterocycles. The molecule has 0 unspecified atom stereocenters. The largest absolute Gasteiger partial charge is 0.349 e. The van der Waals surface area contributed by atoms with E-state index < -0.39 is 0 Å². The van der Waals surface area contributed by atoms with Crippen LogP contribution in [-0.4, -0.2) is 20.7 Å². The van der Waals surface area contributed by atoms with Crippen LogP contribution in [0.4, 0.5) is 5.95 Å². The number of carbonyl (C=O) groups excluding carboxylic acids is 1. The second kappa shape index (κ2) is 6.75. The zero-order valence-corrected chi connectivity index (χ0v) is 13.9. The third-order valence-electron chi connectivity index (χ3n) is 3.46. The van der Waals surface area contributed by atoms with Crippen molar-refractivity contribution in [1.82, 2.24) is 14.8 Å². The summed E-state index contributed by atoms with van der Waals surface area (Å²) >= 11 is 1.66. The van der Waals surface area contributed by atoms with Crippen LogP contribution in [0.15, 0.2) is 41.8 Å². The summed E-state index contributed by atoms with van der Waals surface area (Å²) in [6, 6.07) is 12.0. The lowest BCUT2D eigenvalue weighted by Gasteiger charge is -2.04. The van der Waals surface area contributed by atoms with Crippen molar-refractivity contribution >= 4 is 23.2 Å². The van der Waals surface area contributed by atoms with Crippen molar-refractivity contribution in [2.75, 3.05) is 5.32 Å². The summed E-state index contributed by atoms with van der Waals surface area (Å²) in [5.74, 6) is 0.964.